The van der Waals surface area contributed by atoms with E-state index < -0.39 is 22.0 Å². The number of benzene rings is 1. The number of aliphatic hydroxyl groups is 1. The van der Waals surface area contributed by atoms with Crippen LogP contribution in [0.5, 0.6) is 5.75 Å². The second-order valence-corrected chi connectivity index (χ2v) is 15.6. The van der Waals surface area contributed by atoms with Crippen molar-refractivity contribution in [3.05, 3.63) is 41.3 Å². The van der Waals surface area contributed by atoms with E-state index in [2.05, 4.69) is 10.0 Å². The number of hydrogen-bond acceptors (Lipinski definition) is 8. The van der Waals surface area contributed by atoms with E-state index in [9.17, 15) is 23.1 Å². The quantitative estimate of drug-likeness (QED) is 0.344. The predicted molar refractivity (Wildman–Crippen MR) is 180 cm³/mol. The van der Waals surface area contributed by atoms with Crippen LogP contribution in [0.15, 0.2) is 39.9 Å². The van der Waals surface area contributed by atoms with Gasteiger partial charge in [0.25, 0.3) is 15.9 Å². The maximum atomic E-state index is 14.3. The number of amides is 3. The Morgan fingerprint density at radius 3 is 2.57 bits per heavy atom. The van der Waals surface area contributed by atoms with E-state index in [-0.39, 0.29) is 58.8 Å². The zero-order valence-electron chi connectivity index (χ0n) is 27.4. The number of fused-ring (bicyclic) bond motifs is 1. The number of nitrogens with zero attached hydrogens (tertiary/aromatic N) is 2. The van der Waals surface area contributed by atoms with Crippen molar-refractivity contribution in [3.8, 4) is 5.75 Å². The molecule has 11 nitrogen and oxygen atoms in total. The van der Waals surface area contributed by atoms with E-state index in [1.165, 1.54) is 18.6 Å². The summed E-state index contributed by atoms with van der Waals surface area (Å²) in [6, 6.07) is 7.41. The van der Waals surface area contributed by atoms with Gasteiger partial charge in [0.05, 0.1) is 30.4 Å². The lowest BCUT2D eigenvalue weighted by atomic mass is 9.96. The van der Waals surface area contributed by atoms with Crippen molar-refractivity contribution in [1.82, 2.24) is 15.1 Å². The van der Waals surface area contributed by atoms with Gasteiger partial charge in [0.1, 0.15) is 9.96 Å². The number of hydrogen-bond donors (Lipinski definition) is 3. The molecule has 1 aromatic heterocycles. The minimum Gasteiger partial charge on any atom is -0.490 e. The minimum absolute atomic E-state index is 0.129. The Morgan fingerprint density at radius 2 is 1.87 bits per heavy atom. The molecule has 2 aromatic rings. The van der Waals surface area contributed by atoms with Gasteiger partial charge in [-0.25, -0.2) is 13.2 Å². The summed E-state index contributed by atoms with van der Waals surface area (Å²) in [5, 5.41) is 15.0. The molecule has 1 saturated carbocycles. The number of carbonyl (C=O) groups excluding carboxylic acids is 2. The second kappa shape index (κ2) is 16.8. The van der Waals surface area contributed by atoms with Gasteiger partial charge in [-0.05, 0) is 75.6 Å². The molecule has 0 radical (unpaired) electrons. The number of anilines is 1. The molecule has 256 valence electrons. The van der Waals surface area contributed by atoms with Crippen molar-refractivity contribution in [2.24, 2.45) is 5.92 Å². The molecule has 3 amide bonds. The minimum atomic E-state index is -3.84. The topological polar surface area (TPSA) is 138 Å². The average Bonchev–Trinajstić information content (AvgIpc) is 3.59. The molecular formula is C33H50N4O7S2. The van der Waals surface area contributed by atoms with E-state index in [4.69, 9.17) is 9.47 Å². The van der Waals surface area contributed by atoms with Crippen LogP contribution in [0.25, 0.3) is 0 Å². The zero-order valence-corrected chi connectivity index (χ0v) is 29.1. The highest BCUT2D eigenvalue weighted by Gasteiger charge is 2.31. The fraction of sp³-hybridized carbons (Fsp3) is 0.636. The Bertz CT molecular complexity index is 1380. The largest absolute Gasteiger partial charge is 0.490 e. The van der Waals surface area contributed by atoms with Gasteiger partial charge >= 0.3 is 6.03 Å². The SMILES string of the molecule is C[C@H](CO)N1C[C@H](C)[C@@H](CN(C)C(=O)NC2CCCCC2)OCCCC[C@H](C)Oc2ccc(NS(=O)(=O)c3cccs3)cc2C1=O. The summed E-state index contributed by atoms with van der Waals surface area (Å²) < 4.78 is 41.3. The standard InChI is InChI=1S/C33H50N4O7S2/c1-23-20-37(24(2)22-38)32(39)28-19-27(35-46(41,42)31-14-10-18-45-31)15-16-29(28)44-25(3)11-8-9-17-43-30(23)21-36(4)33(40)34-26-12-6-5-7-13-26/h10,14-16,18-19,23-26,30,35,38H,5-9,11-13,17,20-22H2,1-4H3,(H,34,40)/t23-,24+,25-,30+/m0/s1. The third-order valence-corrected chi connectivity index (χ3v) is 11.6. The summed E-state index contributed by atoms with van der Waals surface area (Å²) in [6.07, 6.45) is 7.25. The van der Waals surface area contributed by atoms with Crippen LogP contribution in [0.2, 0.25) is 0 Å². The highest BCUT2D eigenvalue weighted by atomic mass is 32.2. The molecule has 2 aliphatic rings. The van der Waals surface area contributed by atoms with Crippen LogP contribution in [-0.2, 0) is 14.8 Å². The van der Waals surface area contributed by atoms with E-state index in [0.29, 0.717) is 18.9 Å². The van der Waals surface area contributed by atoms with Gasteiger partial charge in [0, 0.05) is 44.4 Å². The maximum absolute atomic E-state index is 14.3. The Morgan fingerprint density at radius 1 is 1.13 bits per heavy atom. The molecule has 0 spiro atoms. The van der Waals surface area contributed by atoms with Crippen LogP contribution < -0.4 is 14.8 Å². The molecule has 1 aromatic carbocycles. The summed E-state index contributed by atoms with van der Waals surface area (Å²) in [4.78, 5) is 30.7. The molecule has 4 atom stereocenters. The first-order valence-corrected chi connectivity index (χ1v) is 18.8. The number of likely N-dealkylation sites (N-methyl/N-ethyl adjacent to an activating group) is 1. The molecule has 1 aliphatic heterocycles. The third-order valence-electron chi connectivity index (χ3n) is 8.80. The molecule has 4 rings (SSSR count). The normalized spacial score (nSPS) is 23.0. The van der Waals surface area contributed by atoms with Gasteiger partial charge in [0.15, 0.2) is 0 Å². The van der Waals surface area contributed by atoms with Crippen molar-refractivity contribution in [2.75, 3.05) is 38.1 Å². The van der Waals surface area contributed by atoms with E-state index in [1.54, 1.807) is 47.4 Å². The lowest BCUT2D eigenvalue weighted by Crippen LogP contribution is -2.50. The summed E-state index contributed by atoms with van der Waals surface area (Å²) in [6.45, 7) is 6.51. The van der Waals surface area contributed by atoms with E-state index in [1.807, 2.05) is 13.8 Å². The van der Waals surface area contributed by atoms with Gasteiger partial charge in [-0.1, -0.05) is 32.3 Å². The smallest absolute Gasteiger partial charge is 0.317 e. The molecule has 2 heterocycles. The number of urea groups is 1. The number of ether oxygens (including phenoxy) is 2. The first kappa shape index (κ1) is 36.0. The molecular weight excluding hydrogens is 629 g/mol. The highest BCUT2D eigenvalue weighted by Crippen LogP contribution is 2.30. The molecule has 0 unspecified atom stereocenters. The van der Waals surface area contributed by atoms with Crippen LogP contribution in [0.1, 0.15) is 82.5 Å². The fourth-order valence-corrected chi connectivity index (χ4v) is 8.00. The lowest BCUT2D eigenvalue weighted by molar-refractivity contribution is -0.0123. The summed E-state index contributed by atoms with van der Waals surface area (Å²) in [5.74, 6) is -0.245. The van der Waals surface area contributed by atoms with Gasteiger partial charge in [-0.3, -0.25) is 9.52 Å². The summed E-state index contributed by atoms with van der Waals surface area (Å²) >= 11 is 1.10. The van der Waals surface area contributed by atoms with Crippen molar-refractivity contribution < 1.29 is 32.6 Å². The number of carbonyl (C=O) groups is 2. The Kier molecular flexibility index (Phi) is 13.1. The number of rotatable bonds is 8. The van der Waals surface area contributed by atoms with Crippen LogP contribution in [0.3, 0.4) is 0 Å². The Labute approximate surface area is 277 Å². The number of aliphatic hydroxyl groups excluding tert-OH is 1. The molecule has 0 saturated heterocycles. The van der Waals surface area contributed by atoms with E-state index in [0.717, 1.165) is 56.3 Å². The maximum Gasteiger partial charge on any atom is 0.317 e. The van der Waals surface area contributed by atoms with Gasteiger partial charge in [0.2, 0.25) is 0 Å². The summed E-state index contributed by atoms with van der Waals surface area (Å²) in [5.41, 5.74) is 0.429. The van der Waals surface area contributed by atoms with Crippen LogP contribution in [-0.4, -0.2) is 92.9 Å². The second-order valence-electron chi connectivity index (χ2n) is 12.7. The zero-order chi connectivity index (χ0) is 33.3. The van der Waals surface area contributed by atoms with Gasteiger partial charge in [-0.2, -0.15) is 0 Å². The fourth-order valence-electron chi connectivity index (χ4n) is 5.96. The van der Waals surface area contributed by atoms with Crippen LogP contribution in [0, 0.1) is 5.92 Å². The van der Waals surface area contributed by atoms with Crippen molar-refractivity contribution in [2.45, 2.75) is 101 Å². The van der Waals surface area contributed by atoms with Crippen molar-refractivity contribution >= 4 is 39.0 Å². The first-order chi connectivity index (χ1) is 22.0. The summed E-state index contributed by atoms with van der Waals surface area (Å²) in [7, 11) is -2.07. The lowest BCUT2D eigenvalue weighted by Gasteiger charge is -2.36. The Hall–Kier alpha value is -2.87. The van der Waals surface area contributed by atoms with E-state index >= 15 is 0 Å². The number of sulfonamides is 1. The third kappa shape index (κ3) is 9.82. The average molecular weight is 679 g/mol. The molecule has 13 heteroatoms. The molecule has 0 bridgehead atoms. The number of nitrogens with one attached hydrogen (secondary N) is 2. The van der Waals surface area contributed by atoms with Crippen molar-refractivity contribution in [1.29, 1.82) is 0 Å². The highest BCUT2D eigenvalue weighted by molar-refractivity contribution is 7.94. The predicted octanol–water partition coefficient (Wildman–Crippen LogP) is 5.32. The molecule has 1 fully saturated rings. The van der Waals surface area contributed by atoms with Crippen LogP contribution in [0.4, 0.5) is 10.5 Å². The molecule has 3 N–H and O–H groups in total. The molecule has 46 heavy (non-hydrogen) atoms. The number of thiophene rings is 1. The first-order valence-electron chi connectivity index (χ1n) is 16.4. The van der Waals surface area contributed by atoms with Gasteiger partial charge in [-0.15, -0.1) is 11.3 Å². The molecule has 1 aliphatic carbocycles. The van der Waals surface area contributed by atoms with Crippen molar-refractivity contribution in [3.63, 3.8) is 0 Å². The van der Waals surface area contributed by atoms with Gasteiger partial charge < -0.3 is 29.7 Å². The van der Waals surface area contributed by atoms with Crippen LogP contribution >= 0.6 is 11.3 Å². The Balaban J connectivity index is 1.60. The monoisotopic (exact) mass is 678 g/mol.